The first-order valence-corrected chi connectivity index (χ1v) is 6.78. The van der Waals surface area contributed by atoms with Crippen LogP contribution in [0.5, 0.6) is 0 Å². The molecule has 0 aromatic rings. The Hall–Kier alpha value is -1.06. The SMILES string of the molecule is CC1CC1N1CCC(=O)N2CCCCC2C1=O. The van der Waals surface area contributed by atoms with Gasteiger partial charge in [-0.15, -0.1) is 0 Å². The second-order valence-corrected chi connectivity index (χ2v) is 5.66. The summed E-state index contributed by atoms with van der Waals surface area (Å²) in [5.41, 5.74) is 0. The Balaban J connectivity index is 1.82. The molecule has 0 bridgehead atoms. The Kier molecular flexibility index (Phi) is 2.60. The van der Waals surface area contributed by atoms with Crippen LogP contribution in [0, 0.1) is 5.92 Å². The predicted molar refractivity (Wildman–Crippen MR) is 63.3 cm³/mol. The molecule has 1 aliphatic carbocycles. The number of fused-ring (bicyclic) bond motifs is 1. The summed E-state index contributed by atoms with van der Waals surface area (Å²) in [7, 11) is 0. The molecule has 2 amide bonds. The Morgan fingerprint density at radius 3 is 2.59 bits per heavy atom. The molecule has 4 nitrogen and oxygen atoms in total. The van der Waals surface area contributed by atoms with Crippen LogP contribution in [0.3, 0.4) is 0 Å². The highest BCUT2D eigenvalue weighted by Crippen LogP contribution is 2.37. The van der Waals surface area contributed by atoms with E-state index >= 15 is 0 Å². The van der Waals surface area contributed by atoms with E-state index in [1.54, 1.807) is 0 Å². The minimum absolute atomic E-state index is 0.147. The lowest BCUT2D eigenvalue weighted by Gasteiger charge is -2.34. The van der Waals surface area contributed by atoms with Crippen molar-refractivity contribution < 1.29 is 9.59 Å². The van der Waals surface area contributed by atoms with E-state index in [0.29, 0.717) is 24.9 Å². The largest absolute Gasteiger partial charge is 0.337 e. The average molecular weight is 236 g/mol. The Labute approximate surface area is 102 Å². The fraction of sp³-hybridized carbons (Fsp3) is 0.846. The van der Waals surface area contributed by atoms with Crippen LogP contribution in [0.4, 0.5) is 0 Å². The highest BCUT2D eigenvalue weighted by atomic mass is 16.2. The van der Waals surface area contributed by atoms with Crippen molar-refractivity contribution in [2.75, 3.05) is 13.1 Å². The fourth-order valence-corrected chi connectivity index (χ4v) is 3.21. The molecule has 0 N–H and O–H groups in total. The molecule has 4 heteroatoms. The van der Waals surface area contributed by atoms with Crippen molar-refractivity contribution in [3.05, 3.63) is 0 Å². The Bertz CT molecular complexity index is 355. The second kappa shape index (κ2) is 4.00. The van der Waals surface area contributed by atoms with Gasteiger partial charge in [-0.1, -0.05) is 6.92 Å². The highest BCUT2D eigenvalue weighted by Gasteiger charge is 2.46. The van der Waals surface area contributed by atoms with E-state index in [4.69, 9.17) is 0 Å². The Morgan fingerprint density at radius 1 is 1.12 bits per heavy atom. The zero-order chi connectivity index (χ0) is 12.0. The van der Waals surface area contributed by atoms with Crippen molar-refractivity contribution in [2.45, 2.75) is 51.1 Å². The van der Waals surface area contributed by atoms with Crippen molar-refractivity contribution in [3.8, 4) is 0 Å². The first-order chi connectivity index (χ1) is 8.18. The molecule has 3 rings (SSSR count). The van der Waals surface area contributed by atoms with Gasteiger partial charge in [-0.25, -0.2) is 0 Å². The molecule has 3 fully saturated rings. The summed E-state index contributed by atoms with van der Waals surface area (Å²) in [4.78, 5) is 28.3. The first-order valence-electron chi connectivity index (χ1n) is 6.78. The van der Waals surface area contributed by atoms with Crippen LogP contribution in [-0.4, -0.2) is 46.8 Å². The molecule has 94 valence electrons. The molecule has 3 unspecified atom stereocenters. The van der Waals surface area contributed by atoms with Gasteiger partial charge in [0.05, 0.1) is 0 Å². The van der Waals surface area contributed by atoms with Crippen LogP contribution >= 0.6 is 0 Å². The molecule has 0 radical (unpaired) electrons. The van der Waals surface area contributed by atoms with Crippen molar-refractivity contribution in [2.24, 2.45) is 5.92 Å². The van der Waals surface area contributed by atoms with E-state index in [1.165, 1.54) is 0 Å². The van der Waals surface area contributed by atoms with Gasteiger partial charge in [0, 0.05) is 25.6 Å². The van der Waals surface area contributed by atoms with Crippen molar-refractivity contribution in [1.82, 2.24) is 9.80 Å². The van der Waals surface area contributed by atoms with E-state index in [0.717, 1.165) is 32.2 Å². The molecule has 1 saturated carbocycles. The van der Waals surface area contributed by atoms with Gasteiger partial charge >= 0.3 is 0 Å². The fourth-order valence-electron chi connectivity index (χ4n) is 3.21. The van der Waals surface area contributed by atoms with E-state index in [9.17, 15) is 9.59 Å². The molecule has 3 aliphatic rings. The van der Waals surface area contributed by atoms with Gasteiger partial charge in [0.15, 0.2) is 0 Å². The molecule has 2 heterocycles. The van der Waals surface area contributed by atoms with Crippen LogP contribution in [0.1, 0.15) is 39.0 Å². The van der Waals surface area contributed by atoms with Crippen molar-refractivity contribution in [3.63, 3.8) is 0 Å². The molecule has 2 aliphatic heterocycles. The summed E-state index contributed by atoms with van der Waals surface area (Å²) in [6.45, 7) is 3.60. The zero-order valence-electron chi connectivity index (χ0n) is 10.4. The van der Waals surface area contributed by atoms with Gasteiger partial charge in [-0.05, 0) is 31.6 Å². The molecule has 3 atom stereocenters. The van der Waals surface area contributed by atoms with Gasteiger partial charge in [-0.3, -0.25) is 9.59 Å². The Morgan fingerprint density at radius 2 is 1.88 bits per heavy atom. The molecule has 0 spiro atoms. The third kappa shape index (κ3) is 1.83. The standard InChI is InChI=1S/C13H20N2O2/c1-9-8-11(9)15-7-5-12(16)14-6-3-2-4-10(14)13(15)17/h9-11H,2-8H2,1H3. The maximum Gasteiger partial charge on any atom is 0.245 e. The molecular weight excluding hydrogens is 216 g/mol. The summed E-state index contributed by atoms with van der Waals surface area (Å²) in [5.74, 6) is 1.02. The van der Waals surface area contributed by atoms with Crippen LogP contribution in [0.15, 0.2) is 0 Å². The third-order valence-corrected chi connectivity index (χ3v) is 4.43. The minimum atomic E-state index is -0.147. The highest BCUT2D eigenvalue weighted by molar-refractivity contribution is 5.90. The zero-order valence-corrected chi connectivity index (χ0v) is 10.4. The summed E-state index contributed by atoms with van der Waals surface area (Å²) >= 11 is 0. The summed E-state index contributed by atoms with van der Waals surface area (Å²) in [6, 6.07) is 0.267. The number of nitrogens with zero attached hydrogens (tertiary/aromatic N) is 2. The maximum absolute atomic E-state index is 12.5. The number of piperidine rings is 1. The maximum atomic E-state index is 12.5. The van der Waals surface area contributed by atoms with Crippen LogP contribution < -0.4 is 0 Å². The van der Waals surface area contributed by atoms with E-state index in [2.05, 4.69) is 6.92 Å². The second-order valence-electron chi connectivity index (χ2n) is 5.66. The van der Waals surface area contributed by atoms with E-state index < -0.39 is 0 Å². The van der Waals surface area contributed by atoms with Crippen LogP contribution in [0.2, 0.25) is 0 Å². The lowest BCUT2D eigenvalue weighted by molar-refractivity contribution is -0.143. The third-order valence-electron chi connectivity index (χ3n) is 4.43. The van der Waals surface area contributed by atoms with E-state index in [-0.39, 0.29) is 17.9 Å². The van der Waals surface area contributed by atoms with Gasteiger partial charge < -0.3 is 9.80 Å². The summed E-state index contributed by atoms with van der Waals surface area (Å²) in [5, 5.41) is 0. The first kappa shape index (κ1) is 11.1. The predicted octanol–water partition coefficient (Wildman–Crippen LogP) is 1.01. The topological polar surface area (TPSA) is 40.6 Å². The molecule has 0 aromatic heterocycles. The lowest BCUT2D eigenvalue weighted by atomic mass is 10.0. The smallest absolute Gasteiger partial charge is 0.245 e. The normalized spacial score (nSPS) is 37.8. The summed E-state index contributed by atoms with van der Waals surface area (Å²) in [6.07, 6.45) is 4.63. The number of rotatable bonds is 1. The molecule has 17 heavy (non-hydrogen) atoms. The molecule has 2 saturated heterocycles. The van der Waals surface area contributed by atoms with Crippen molar-refractivity contribution in [1.29, 1.82) is 0 Å². The number of amides is 2. The number of hydrogen-bond acceptors (Lipinski definition) is 2. The van der Waals surface area contributed by atoms with Gasteiger partial charge in [0.2, 0.25) is 11.8 Å². The van der Waals surface area contributed by atoms with E-state index in [1.807, 2.05) is 9.80 Å². The average Bonchev–Trinajstić information content (AvgIpc) is 3.06. The van der Waals surface area contributed by atoms with Crippen LogP contribution in [-0.2, 0) is 9.59 Å². The lowest BCUT2D eigenvalue weighted by Crippen LogP contribution is -2.50. The number of carbonyl (C=O) groups is 2. The molecular formula is C13H20N2O2. The number of hydrogen-bond donors (Lipinski definition) is 0. The van der Waals surface area contributed by atoms with Crippen molar-refractivity contribution >= 4 is 11.8 Å². The quantitative estimate of drug-likeness (QED) is 0.681. The van der Waals surface area contributed by atoms with Gasteiger partial charge in [-0.2, -0.15) is 0 Å². The minimum Gasteiger partial charge on any atom is -0.337 e. The van der Waals surface area contributed by atoms with Crippen LogP contribution in [0.25, 0.3) is 0 Å². The monoisotopic (exact) mass is 236 g/mol. The number of carbonyl (C=O) groups excluding carboxylic acids is 2. The van der Waals surface area contributed by atoms with Gasteiger partial charge in [0.25, 0.3) is 0 Å². The summed E-state index contributed by atoms with van der Waals surface area (Å²) < 4.78 is 0. The molecule has 0 aromatic carbocycles. The van der Waals surface area contributed by atoms with Gasteiger partial charge in [0.1, 0.15) is 6.04 Å².